The van der Waals surface area contributed by atoms with Crippen molar-refractivity contribution in [3.63, 3.8) is 0 Å². The number of hydrogen-bond donors (Lipinski definition) is 0. The molecule has 0 aromatic carbocycles. The fourth-order valence-corrected chi connectivity index (χ4v) is 5.18. The number of rotatable bonds is 4. The van der Waals surface area contributed by atoms with Gasteiger partial charge in [-0.25, -0.2) is 0 Å². The Morgan fingerprint density at radius 3 is 2.50 bits per heavy atom. The first-order valence-corrected chi connectivity index (χ1v) is 6.94. The summed E-state index contributed by atoms with van der Waals surface area (Å²) in [6.45, 7) is 6.92. The van der Waals surface area contributed by atoms with Crippen LogP contribution in [0.15, 0.2) is 12.7 Å². The van der Waals surface area contributed by atoms with Crippen LogP contribution in [0, 0.1) is 17.3 Å². The van der Waals surface area contributed by atoms with Gasteiger partial charge in [0.1, 0.15) is 0 Å². The Morgan fingerprint density at radius 1 is 1.25 bits per heavy atom. The summed E-state index contributed by atoms with van der Waals surface area (Å²) in [6.07, 6.45) is 11.7. The van der Waals surface area contributed by atoms with Gasteiger partial charge < -0.3 is 4.74 Å². The minimum Gasteiger partial charge on any atom is -0.371 e. The first-order chi connectivity index (χ1) is 7.69. The van der Waals surface area contributed by atoms with Crippen LogP contribution in [0.1, 0.15) is 51.9 Å². The van der Waals surface area contributed by atoms with Gasteiger partial charge >= 0.3 is 0 Å². The van der Waals surface area contributed by atoms with Gasteiger partial charge in [-0.3, -0.25) is 0 Å². The van der Waals surface area contributed by atoms with Crippen molar-refractivity contribution in [3.05, 3.63) is 12.7 Å². The summed E-state index contributed by atoms with van der Waals surface area (Å²) < 4.78 is 6.20. The van der Waals surface area contributed by atoms with Gasteiger partial charge in [0.05, 0.1) is 12.2 Å². The molecule has 0 spiro atoms. The average molecular weight is 220 g/mol. The summed E-state index contributed by atoms with van der Waals surface area (Å²) in [5.41, 5.74) is 0.888. The maximum atomic E-state index is 6.20. The van der Waals surface area contributed by atoms with Crippen molar-refractivity contribution in [3.8, 4) is 0 Å². The van der Waals surface area contributed by atoms with E-state index in [9.17, 15) is 0 Å². The van der Waals surface area contributed by atoms with Crippen LogP contribution in [0.5, 0.6) is 0 Å². The third kappa shape index (κ3) is 1.55. The van der Waals surface area contributed by atoms with E-state index in [1.807, 2.05) is 6.08 Å². The molecule has 0 heterocycles. The van der Waals surface area contributed by atoms with Crippen molar-refractivity contribution in [2.75, 3.05) is 6.61 Å². The van der Waals surface area contributed by atoms with Crippen molar-refractivity contribution < 1.29 is 4.74 Å². The van der Waals surface area contributed by atoms with Gasteiger partial charge in [0.15, 0.2) is 0 Å². The first-order valence-electron chi connectivity index (χ1n) is 6.94. The Morgan fingerprint density at radius 2 is 1.94 bits per heavy atom. The largest absolute Gasteiger partial charge is 0.371 e. The smallest absolute Gasteiger partial charge is 0.0697 e. The molecule has 0 saturated heterocycles. The zero-order valence-electron chi connectivity index (χ0n) is 10.5. The predicted octanol–water partition coefficient (Wildman–Crippen LogP) is 3.94. The van der Waals surface area contributed by atoms with E-state index in [0.29, 0.717) is 5.41 Å². The molecular weight excluding hydrogens is 196 g/mol. The molecular formula is C15H24O. The van der Waals surface area contributed by atoms with Crippen molar-refractivity contribution >= 4 is 0 Å². The highest BCUT2D eigenvalue weighted by Gasteiger charge is 2.57. The van der Waals surface area contributed by atoms with Gasteiger partial charge in [0.25, 0.3) is 0 Å². The molecule has 0 N–H and O–H groups in total. The lowest BCUT2D eigenvalue weighted by atomic mass is 9.47. The average Bonchev–Trinajstić information content (AvgIpc) is 2.25. The Labute approximate surface area is 99.3 Å². The van der Waals surface area contributed by atoms with Gasteiger partial charge in [-0.05, 0) is 55.8 Å². The summed E-state index contributed by atoms with van der Waals surface area (Å²) in [5.74, 6) is 1.93. The first kappa shape index (κ1) is 10.8. The molecule has 0 radical (unpaired) electrons. The maximum absolute atomic E-state index is 6.20. The molecule has 90 valence electrons. The number of hydrogen-bond acceptors (Lipinski definition) is 1. The summed E-state index contributed by atoms with van der Waals surface area (Å²) in [4.78, 5) is 0. The zero-order chi connectivity index (χ0) is 11.2. The monoisotopic (exact) mass is 220 g/mol. The molecule has 2 atom stereocenters. The summed E-state index contributed by atoms with van der Waals surface area (Å²) in [7, 11) is 0. The number of ether oxygens (including phenoxy) is 1. The third-order valence-electron chi connectivity index (χ3n) is 5.39. The van der Waals surface area contributed by atoms with E-state index in [0.717, 1.165) is 18.4 Å². The topological polar surface area (TPSA) is 9.23 Å². The molecule has 0 aliphatic heterocycles. The SMILES string of the molecule is C=CCOC12CC3CC(CC(CC)(C3)C1)C2. The molecule has 4 aliphatic carbocycles. The fraction of sp³-hybridized carbons (Fsp3) is 0.867. The van der Waals surface area contributed by atoms with Crippen molar-refractivity contribution in [1.82, 2.24) is 0 Å². The molecule has 1 heteroatoms. The standard InChI is InChI=1S/C15H24O/c1-3-5-16-15-9-12-6-13(10-15)8-14(4-2,7-12)11-15/h3,12-13H,1,4-11H2,2H3. The van der Waals surface area contributed by atoms with Crippen molar-refractivity contribution in [2.24, 2.45) is 17.3 Å². The maximum Gasteiger partial charge on any atom is 0.0697 e. The Hall–Kier alpha value is -0.300. The normalized spacial score (nSPS) is 49.6. The quantitative estimate of drug-likeness (QED) is 0.652. The van der Waals surface area contributed by atoms with Crippen LogP contribution in [-0.2, 0) is 4.74 Å². The minimum absolute atomic E-state index is 0.244. The molecule has 0 amide bonds. The van der Waals surface area contributed by atoms with Crippen LogP contribution < -0.4 is 0 Å². The molecule has 16 heavy (non-hydrogen) atoms. The van der Waals surface area contributed by atoms with Gasteiger partial charge in [0, 0.05) is 0 Å². The summed E-state index contributed by atoms with van der Waals surface area (Å²) in [6, 6.07) is 0. The van der Waals surface area contributed by atoms with Crippen molar-refractivity contribution in [1.29, 1.82) is 0 Å². The zero-order valence-corrected chi connectivity index (χ0v) is 10.5. The van der Waals surface area contributed by atoms with E-state index in [1.165, 1.54) is 44.9 Å². The molecule has 4 fully saturated rings. The molecule has 1 nitrogen and oxygen atoms in total. The van der Waals surface area contributed by atoms with Crippen LogP contribution in [0.25, 0.3) is 0 Å². The van der Waals surface area contributed by atoms with Gasteiger partial charge in [-0.1, -0.05) is 19.4 Å². The van der Waals surface area contributed by atoms with Gasteiger partial charge in [-0.2, -0.15) is 0 Å². The third-order valence-corrected chi connectivity index (χ3v) is 5.39. The Kier molecular flexibility index (Phi) is 2.43. The van der Waals surface area contributed by atoms with Crippen LogP contribution in [0.4, 0.5) is 0 Å². The van der Waals surface area contributed by atoms with Crippen LogP contribution in [0.2, 0.25) is 0 Å². The van der Waals surface area contributed by atoms with Crippen LogP contribution >= 0.6 is 0 Å². The van der Waals surface area contributed by atoms with E-state index >= 15 is 0 Å². The lowest BCUT2D eigenvalue weighted by Gasteiger charge is -2.61. The van der Waals surface area contributed by atoms with E-state index in [4.69, 9.17) is 4.74 Å². The molecule has 0 aromatic rings. The molecule has 2 unspecified atom stereocenters. The highest BCUT2D eigenvalue weighted by molar-refractivity contribution is 5.08. The lowest BCUT2D eigenvalue weighted by molar-refractivity contribution is -0.188. The van der Waals surface area contributed by atoms with Crippen LogP contribution in [-0.4, -0.2) is 12.2 Å². The molecule has 4 bridgehead atoms. The lowest BCUT2D eigenvalue weighted by Crippen LogP contribution is -2.56. The Balaban J connectivity index is 1.83. The van der Waals surface area contributed by atoms with E-state index < -0.39 is 0 Å². The van der Waals surface area contributed by atoms with E-state index in [2.05, 4.69) is 13.5 Å². The molecule has 4 rings (SSSR count). The predicted molar refractivity (Wildman–Crippen MR) is 66.3 cm³/mol. The van der Waals surface area contributed by atoms with E-state index in [1.54, 1.807) is 0 Å². The fourth-order valence-electron chi connectivity index (χ4n) is 5.18. The second-order valence-electron chi connectivity index (χ2n) is 6.60. The second-order valence-corrected chi connectivity index (χ2v) is 6.60. The van der Waals surface area contributed by atoms with Crippen molar-refractivity contribution in [2.45, 2.75) is 57.5 Å². The molecule has 4 aliphatic rings. The highest BCUT2D eigenvalue weighted by Crippen LogP contribution is 2.63. The molecule has 4 saturated carbocycles. The summed E-state index contributed by atoms with van der Waals surface area (Å²) >= 11 is 0. The molecule has 0 aromatic heterocycles. The summed E-state index contributed by atoms with van der Waals surface area (Å²) in [5, 5.41) is 0. The van der Waals surface area contributed by atoms with Crippen LogP contribution in [0.3, 0.4) is 0 Å². The van der Waals surface area contributed by atoms with Gasteiger partial charge in [0.2, 0.25) is 0 Å². The van der Waals surface area contributed by atoms with E-state index in [-0.39, 0.29) is 5.60 Å². The Bertz CT molecular complexity index is 280. The second kappa shape index (κ2) is 3.60. The highest BCUT2D eigenvalue weighted by atomic mass is 16.5. The minimum atomic E-state index is 0.244. The van der Waals surface area contributed by atoms with Gasteiger partial charge in [-0.15, -0.1) is 6.58 Å².